The first kappa shape index (κ1) is 20.2. The second-order valence-corrected chi connectivity index (χ2v) is 7.85. The van der Waals surface area contributed by atoms with Gasteiger partial charge in [0.25, 0.3) is 0 Å². The summed E-state index contributed by atoms with van der Waals surface area (Å²) in [6.45, 7) is 1.36. The molecule has 0 N–H and O–H groups in total. The smallest absolute Gasteiger partial charge is 0.339 e. The highest BCUT2D eigenvalue weighted by Crippen LogP contribution is 2.27. The number of ketones is 1. The van der Waals surface area contributed by atoms with Crippen LogP contribution in [0.5, 0.6) is 0 Å². The molecule has 0 fully saturated rings. The van der Waals surface area contributed by atoms with E-state index in [1.54, 1.807) is 35.6 Å². The van der Waals surface area contributed by atoms with E-state index in [1.165, 1.54) is 11.8 Å². The minimum atomic E-state index is -1.13. The zero-order valence-corrected chi connectivity index (χ0v) is 16.4. The number of nitrogens with zero attached hydrogens (tertiary/aromatic N) is 1. The van der Waals surface area contributed by atoms with Crippen LogP contribution in [-0.2, 0) is 10.5 Å². The Kier molecular flexibility index (Phi) is 6.53. The summed E-state index contributed by atoms with van der Waals surface area (Å²) >= 11 is 3.00. The minimum absolute atomic E-state index is 0.0618. The summed E-state index contributed by atoms with van der Waals surface area (Å²) in [5.74, 6) is -2.85. The number of benzene rings is 2. The van der Waals surface area contributed by atoms with E-state index in [1.807, 2.05) is 12.3 Å². The van der Waals surface area contributed by atoms with Crippen molar-refractivity contribution in [3.63, 3.8) is 0 Å². The average molecular weight is 419 g/mol. The Morgan fingerprint density at radius 1 is 1.14 bits per heavy atom. The van der Waals surface area contributed by atoms with Crippen molar-refractivity contribution in [2.75, 3.05) is 6.61 Å². The third-order valence-corrected chi connectivity index (χ3v) is 5.65. The van der Waals surface area contributed by atoms with Gasteiger partial charge in [-0.25, -0.2) is 18.6 Å². The number of carbonyl (C=O) groups excluding carboxylic acids is 2. The molecule has 28 heavy (non-hydrogen) atoms. The van der Waals surface area contributed by atoms with Gasteiger partial charge >= 0.3 is 5.97 Å². The average Bonchev–Trinajstić information content (AvgIpc) is 3.11. The number of thioether (sulfide) groups is 1. The van der Waals surface area contributed by atoms with Crippen LogP contribution in [0.2, 0.25) is 0 Å². The van der Waals surface area contributed by atoms with E-state index in [0.29, 0.717) is 16.2 Å². The number of thiazole rings is 1. The predicted molar refractivity (Wildman–Crippen MR) is 104 cm³/mol. The van der Waals surface area contributed by atoms with Gasteiger partial charge in [-0.2, -0.15) is 0 Å². The van der Waals surface area contributed by atoms with E-state index >= 15 is 0 Å². The molecule has 4 nitrogen and oxygen atoms in total. The van der Waals surface area contributed by atoms with Gasteiger partial charge in [0.15, 0.2) is 24.0 Å². The molecule has 2 aromatic carbocycles. The Morgan fingerprint density at radius 3 is 2.64 bits per heavy atom. The fraction of sp³-hybridized carbons (Fsp3) is 0.150. The molecular weight excluding hydrogens is 404 g/mol. The van der Waals surface area contributed by atoms with Crippen LogP contribution in [0.15, 0.2) is 52.7 Å². The van der Waals surface area contributed by atoms with Crippen molar-refractivity contribution < 1.29 is 23.1 Å². The minimum Gasteiger partial charge on any atom is -0.454 e. The number of hydrogen-bond acceptors (Lipinski definition) is 6. The van der Waals surface area contributed by atoms with Crippen LogP contribution in [0.4, 0.5) is 8.78 Å². The van der Waals surface area contributed by atoms with E-state index in [2.05, 4.69) is 4.98 Å². The molecule has 0 aliphatic carbocycles. The Morgan fingerprint density at radius 2 is 1.93 bits per heavy atom. The maximum atomic E-state index is 13.2. The zero-order valence-electron chi connectivity index (χ0n) is 14.8. The van der Waals surface area contributed by atoms with E-state index < -0.39 is 30.0 Å². The maximum Gasteiger partial charge on any atom is 0.339 e. The highest BCUT2D eigenvalue weighted by atomic mass is 32.2. The molecule has 0 saturated heterocycles. The number of esters is 1. The first-order chi connectivity index (χ1) is 13.4. The third-order valence-electron chi connectivity index (χ3n) is 3.73. The lowest BCUT2D eigenvalue weighted by Gasteiger charge is -2.09. The molecular formula is C20H15F2NO3S2. The molecule has 0 saturated carbocycles. The van der Waals surface area contributed by atoms with E-state index in [4.69, 9.17) is 4.74 Å². The first-order valence-corrected chi connectivity index (χ1v) is 10.1. The molecule has 8 heteroatoms. The standard InChI is InChI=1S/C20H15F2NO3S2/c1-12-23-14(10-27-12)11-28-19-5-3-2-4-15(19)20(25)26-9-18(24)13-6-7-16(21)17(22)8-13/h2-8,10H,9,11H2,1H3. The topological polar surface area (TPSA) is 56.3 Å². The molecule has 1 aromatic heterocycles. The number of carbonyl (C=O) groups is 2. The highest BCUT2D eigenvalue weighted by Gasteiger charge is 2.16. The lowest BCUT2D eigenvalue weighted by Crippen LogP contribution is -2.15. The largest absolute Gasteiger partial charge is 0.454 e. The van der Waals surface area contributed by atoms with E-state index in [0.717, 1.165) is 28.9 Å². The number of hydrogen-bond donors (Lipinski definition) is 0. The Hall–Kier alpha value is -2.58. The predicted octanol–water partition coefficient (Wildman–Crippen LogP) is 5.06. The molecule has 0 unspecified atom stereocenters. The van der Waals surface area contributed by atoms with Crippen molar-refractivity contribution in [2.45, 2.75) is 17.6 Å². The SMILES string of the molecule is Cc1nc(CSc2ccccc2C(=O)OCC(=O)c2ccc(F)c(F)c2)cs1. The number of ether oxygens (including phenoxy) is 1. The van der Waals surface area contributed by atoms with Gasteiger partial charge < -0.3 is 4.74 Å². The van der Waals surface area contributed by atoms with Crippen LogP contribution in [0.25, 0.3) is 0 Å². The normalized spacial score (nSPS) is 10.7. The van der Waals surface area contributed by atoms with Gasteiger partial charge in [-0.15, -0.1) is 23.1 Å². The second kappa shape index (κ2) is 9.07. The Balaban J connectivity index is 1.63. The van der Waals surface area contributed by atoms with Crippen LogP contribution >= 0.6 is 23.1 Å². The van der Waals surface area contributed by atoms with Gasteiger partial charge in [-0.05, 0) is 37.3 Å². The number of aryl methyl sites for hydroxylation is 1. The Labute approximate surface area is 168 Å². The van der Waals surface area contributed by atoms with Crippen LogP contribution in [0.1, 0.15) is 31.4 Å². The fourth-order valence-electron chi connectivity index (χ4n) is 2.35. The fourth-order valence-corrected chi connectivity index (χ4v) is 4.00. The summed E-state index contributed by atoms with van der Waals surface area (Å²) in [4.78, 5) is 29.6. The van der Waals surface area contributed by atoms with Crippen LogP contribution in [-0.4, -0.2) is 23.3 Å². The molecule has 3 rings (SSSR count). The van der Waals surface area contributed by atoms with Crippen molar-refractivity contribution in [3.8, 4) is 0 Å². The molecule has 0 spiro atoms. The van der Waals surface area contributed by atoms with Crippen molar-refractivity contribution in [3.05, 3.63) is 81.3 Å². The molecule has 0 aliphatic heterocycles. The summed E-state index contributed by atoms with van der Waals surface area (Å²) < 4.78 is 31.3. The second-order valence-electron chi connectivity index (χ2n) is 5.77. The van der Waals surface area contributed by atoms with Crippen molar-refractivity contribution in [1.82, 2.24) is 4.98 Å². The van der Waals surface area contributed by atoms with Crippen molar-refractivity contribution in [2.24, 2.45) is 0 Å². The number of Topliss-reactive ketones (excluding diaryl/α,β-unsaturated/α-hetero) is 1. The molecule has 0 radical (unpaired) electrons. The van der Waals surface area contributed by atoms with Gasteiger partial charge in [0.05, 0.1) is 16.3 Å². The van der Waals surface area contributed by atoms with Crippen LogP contribution in [0, 0.1) is 18.6 Å². The lowest BCUT2D eigenvalue weighted by atomic mass is 10.1. The Bertz CT molecular complexity index is 1020. The van der Waals surface area contributed by atoms with Crippen molar-refractivity contribution in [1.29, 1.82) is 0 Å². The van der Waals surface area contributed by atoms with E-state index in [-0.39, 0.29) is 5.56 Å². The first-order valence-electron chi connectivity index (χ1n) is 8.22. The number of rotatable bonds is 7. The zero-order chi connectivity index (χ0) is 20.1. The van der Waals surface area contributed by atoms with Crippen LogP contribution < -0.4 is 0 Å². The number of aromatic nitrogens is 1. The summed E-state index contributed by atoms with van der Waals surface area (Å²) in [5, 5.41) is 2.93. The molecule has 0 atom stereocenters. The summed E-state index contributed by atoms with van der Waals surface area (Å²) in [7, 11) is 0. The summed E-state index contributed by atoms with van der Waals surface area (Å²) in [5.41, 5.74) is 1.19. The molecule has 0 bridgehead atoms. The monoisotopic (exact) mass is 419 g/mol. The van der Waals surface area contributed by atoms with Gasteiger partial charge in [0.2, 0.25) is 0 Å². The maximum absolute atomic E-state index is 13.2. The lowest BCUT2D eigenvalue weighted by molar-refractivity contribution is 0.0471. The van der Waals surface area contributed by atoms with Gasteiger partial charge in [0, 0.05) is 21.6 Å². The highest BCUT2D eigenvalue weighted by molar-refractivity contribution is 7.98. The van der Waals surface area contributed by atoms with Gasteiger partial charge in [0.1, 0.15) is 0 Å². The van der Waals surface area contributed by atoms with E-state index in [9.17, 15) is 18.4 Å². The molecule has 0 amide bonds. The van der Waals surface area contributed by atoms with Crippen molar-refractivity contribution >= 4 is 34.9 Å². The van der Waals surface area contributed by atoms with Gasteiger partial charge in [-0.1, -0.05) is 12.1 Å². The summed E-state index contributed by atoms with van der Waals surface area (Å²) in [6.07, 6.45) is 0. The molecule has 144 valence electrons. The molecule has 1 heterocycles. The molecule has 0 aliphatic rings. The van der Waals surface area contributed by atoms with Gasteiger partial charge in [-0.3, -0.25) is 4.79 Å². The quantitative estimate of drug-likeness (QED) is 0.304. The summed E-state index contributed by atoms with van der Waals surface area (Å²) in [6, 6.07) is 9.69. The third kappa shape index (κ3) is 5.02. The van der Waals surface area contributed by atoms with Crippen LogP contribution in [0.3, 0.4) is 0 Å². The number of halogens is 2. The molecule has 3 aromatic rings.